The van der Waals surface area contributed by atoms with Gasteiger partial charge < -0.3 is 30.2 Å². The fourth-order valence-electron chi connectivity index (χ4n) is 29.3. The fraction of sp³-hybridized carbons (Fsp3) is 0.917. The Hall–Kier alpha value is -1.35. The van der Waals surface area contributed by atoms with Crippen LogP contribution in [0.1, 0.15) is 289 Å². The van der Waals surface area contributed by atoms with Crippen LogP contribution in [0.4, 0.5) is 0 Å². The Morgan fingerprint density at radius 3 is 1.09 bits per heavy atom. The van der Waals surface area contributed by atoms with Crippen LogP contribution in [0.5, 0.6) is 0 Å². The predicted octanol–water partition coefficient (Wildman–Crippen LogP) is 18.7. The van der Waals surface area contributed by atoms with E-state index < -0.39 is 0 Å². The van der Waals surface area contributed by atoms with E-state index in [4.69, 9.17) is 14.2 Å². The van der Waals surface area contributed by atoms with Gasteiger partial charge in [-0.1, -0.05) is 121 Å². The Morgan fingerprint density at radius 2 is 0.725 bits per heavy atom. The molecule has 91 heavy (non-hydrogen) atoms. The maximum atomic E-state index is 12.2. The summed E-state index contributed by atoms with van der Waals surface area (Å²) < 4.78 is 21.1. The number of allylic oxidation sites excluding steroid dienone is 3. The molecule has 9 saturated carbocycles. The topological polar surface area (TPSA) is 80.9 Å². The molecule has 0 amide bonds. The van der Waals surface area contributed by atoms with Gasteiger partial charge in [-0.25, -0.2) is 0 Å². The highest BCUT2D eigenvalue weighted by Gasteiger charge is 2.64. The lowest BCUT2D eigenvalue weighted by molar-refractivity contribution is -0.129. The van der Waals surface area contributed by atoms with Gasteiger partial charge in [-0.15, -0.1) is 0 Å². The minimum Gasteiger partial charge on any atom is -0.369 e. The van der Waals surface area contributed by atoms with Gasteiger partial charge in [-0.05, 0) is 312 Å². The number of ether oxygens (including phenoxy) is 3. The monoisotopic (exact) mass is 1250 g/mol. The summed E-state index contributed by atoms with van der Waals surface area (Å²) in [6.45, 7) is 33.5. The van der Waals surface area contributed by atoms with Crippen LogP contribution >= 0.6 is 0 Å². The molecule has 18 aliphatic rings. The highest BCUT2D eigenvalue weighted by Crippen LogP contribution is 2.69. The largest absolute Gasteiger partial charge is 0.369 e. The van der Waals surface area contributed by atoms with Crippen molar-refractivity contribution in [2.45, 2.75) is 342 Å². The molecule has 0 aromatic rings. The molecule has 30 atom stereocenters. The summed E-state index contributed by atoms with van der Waals surface area (Å²) in [5.41, 5.74) is 12.7. The first-order valence-corrected chi connectivity index (χ1v) is 40.4. The third kappa shape index (κ3) is 10.4. The molecule has 6 aliphatic heterocycles. The Labute approximate surface area is 555 Å². The highest BCUT2D eigenvalue weighted by molar-refractivity contribution is 5.79. The molecular weight excluding hydrogens is 1110 g/mol. The number of piperidine rings is 3. The summed E-state index contributed by atoms with van der Waals surface area (Å²) in [4.78, 5) is 12.2. The zero-order chi connectivity index (χ0) is 62.9. The lowest BCUT2D eigenvalue weighted by atomic mass is 9.52. The SMILES string of the molecule is CC1=C2C[C@H]3[C@@H](CC[C@@H]4CC(=O)CC[C@@]43C)[C@@H]2CC[C@@]2(C1)O[C@@H]1C[C@H](C)CN[C@H]1[C@H]2C.CC1=C2C[C@H]3[C@@H](CC[C@@H]4CCCC[C@@]43C)[C@@H]2CC[C@@]2(C1)O[C@@H]1C[C@H](C)CN[C@H]1[C@H]2C.CC1=C2C[C@H]3[C@@H](CC[C@@H]4CCCC[C@@]43C)[C@@H]2CC[C@@]2(C1)O[C@@H]1C[C@H](C)CN[C@H]1[C@H]2C. The number of nitrogens with one attached hydrogen (secondary N) is 3. The molecule has 15 fully saturated rings. The molecule has 6 heterocycles. The maximum Gasteiger partial charge on any atom is 0.133 e. The smallest absolute Gasteiger partial charge is 0.133 e. The van der Waals surface area contributed by atoms with Crippen molar-refractivity contribution in [1.29, 1.82) is 0 Å². The van der Waals surface area contributed by atoms with Gasteiger partial charge >= 0.3 is 0 Å². The number of fused-ring (bicyclic) bond motifs is 18. The summed E-state index contributed by atoms with van der Waals surface area (Å²) in [7, 11) is 0. The van der Waals surface area contributed by atoms with Crippen molar-refractivity contribution in [3.63, 3.8) is 0 Å². The summed E-state index contributed by atoms with van der Waals surface area (Å²) in [5, 5.41) is 11.6. The van der Waals surface area contributed by atoms with Gasteiger partial charge in [-0.3, -0.25) is 4.79 Å². The Balaban J connectivity index is 0.000000109. The van der Waals surface area contributed by atoms with Crippen molar-refractivity contribution in [3.8, 4) is 0 Å². The van der Waals surface area contributed by atoms with E-state index in [1.165, 1.54) is 193 Å². The molecule has 7 nitrogen and oxygen atoms in total. The molecule has 3 N–H and O–H groups in total. The van der Waals surface area contributed by atoms with Crippen molar-refractivity contribution >= 4 is 5.78 Å². The van der Waals surface area contributed by atoms with Crippen LogP contribution in [0.2, 0.25) is 0 Å². The van der Waals surface area contributed by atoms with Crippen molar-refractivity contribution in [1.82, 2.24) is 16.0 Å². The average molecular weight is 1250 g/mol. The van der Waals surface area contributed by atoms with Crippen LogP contribution < -0.4 is 16.0 Å². The zero-order valence-corrected chi connectivity index (χ0v) is 60.2. The van der Waals surface area contributed by atoms with Gasteiger partial charge in [0.2, 0.25) is 0 Å². The van der Waals surface area contributed by atoms with Gasteiger partial charge in [0.05, 0.1) is 35.1 Å². The third-order valence-electron chi connectivity index (χ3n) is 34.5. The third-order valence-corrected chi connectivity index (χ3v) is 34.5. The van der Waals surface area contributed by atoms with Crippen LogP contribution in [-0.4, -0.2) is 78.7 Å². The minimum absolute atomic E-state index is 0.0572. The van der Waals surface area contributed by atoms with Crippen molar-refractivity contribution < 1.29 is 19.0 Å². The molecule has 7 heteroatoms. The molecule has 6 saturated heterocycles. The van der Waals surface area contributed by atoms with E-state index in [1.54, 1.807) is 16.7 Å². The number of carbonyl (C=O) groups is 1. The lowest BCUT2D eigenvalue weighted by Gasteiger charge is -2.52. The van der Waals surface area contributed by atoms with Gasteiger partial charge in [-0.2, -0.15) is 0 Å². The number of hydrogen-bond donors (Lipinski definition) is 3. The second-order valence-electron chi connectivity index (χ2n) is 38.7. The maximum absolute atomic E-state index is 12.2. The molecule has 0 aromatic heterocycles. The van der Waals surface area contributed by atoms with E-state index in [2.05, 4.69) is 99.0 Å². The minimum atomic E-state index is 0.0572. The number of carbonyl (C=O) groups excluding carboxylic acids is 1. The van der Waals surface area contributed by atoms with Crippen LogP contribution in [-0.2, 0) is 19.0 Å². The van der Waals surface area contributed by atoms with Crippen molar-refractivity contribution in [2.75, 3.05) is 19.6 Å². The van der Waals surface area contributed by atoms with E-state index in [0.29, 0.717) is 82.1 Å². The Kier molecular flexibility index (Phi) is 16.9. The average Bonchev–Trinajstić information content (AvgIpc) is 1.61. The van der Waals surface area contributed by atoms with Crippen molar-refractivity contribution in [3.05, 3.63) is 33.4 Å². The van der Waals surface area contributed by atoms with Gasteiger partial charge in [0.1, 0.15) is 5.78 Å². The van der Waals surface area contributed by atoms with Crippen LogP contribution in [0, 0.1) is 123 Å². The second-order valence-corrected chi connectivity index (χ2v) is 38.7. The van der Waals surface area contributed by atoms with Gasteiger partial charge in [0, 0.05) is 48.7 Å². The quantitative estimate of drug-likeness (QED) is 0.209. The van der Waals surface area contributed by atoms with E-state index in [1.807, 2.05) is 16.7 Å². The van der Waals surface area contributed by atoms with Gasteiger partial charge in [0.15, 0.2) is 0 Å². The predicted molar refractivity (Wildman–Crippen MR) is 370 cm³/mol. The van der Waals surface area contributed by atoms with E-state index in [9.17, 15) is 4.79 Å². The Bertz CT molecular complexity index is 2730. The standard InChI is InChI=1S/C28H43NO2.2C28H45NO/c1-16-11-25-26(29-15-16)18(3)28(31-25)10-8-21-22-6-5-19-12-20(30)7-9-27(19,4)24(22)13-23(21)17(2)14-28;2*1-17-13-25-26(29-16-17)19(3)28(30-25)12-10-21-22-9-8-20-7-5-6-11-27(20,4)24(22)14-23(21)18(2)15-28/h16,18-19,21-22,24-26,29H,5-15H2,1-4H3;2*17,19-22,24-26,29H,5-16H2,1-4H3/t16-,18+,19+,21-,22-,24-,25+,26-,27-,28-;2*17-,19+,20-,21-,22-,24-,25+,26-,27-,28-/m000/s1. The molecule has 0 aromatic carbocycles. The summed E-state index contributed by atoms with van der Waals surface area (Å²) in [6, 6.07) is 1.72. The zero-order valence-electron chi connectivity index (χ0n) is 60.2. The van der Waals surface area contributed by atoms with E-state index >= 15 is 0 Å². The molecule has 0 bridgehead atoms. The number of rotatable bonds is 0. The van der Waals surface area contributed by atoms with Crippen LogP contribution in [0.25, 0.3) is 0 Å². The molecular formula is C84H133N3O4. The van der Waals surface area contributed by atoms with E-state index in [0.717, 1.165) is 115 Å². The first-order chi connectivity index (χ1) is 43.6. The number of hydrogen-bond acceptors (Lipinski definition) is 7. The molecule has 3 spiro atoms. The summed E-state index contributed by atoms with van der Waals surface area (Å²) in [5.74, 6) is 15.5. The van der Waals surface area contributed by atoms with Crippen molar-refractivity contribution in [2.24, 2.45) is 123 Å². The normalized spacial score (nSPS) is 55.1. The van der Waals surface area contributed by atoms with Crippen LogP contribution in [0.3, 0.4) is 0 Å². The lowest BCUT2D eigenvalue weighted by Crippen LogP contribution is -2.48. The molecule has 508 valence electrons. The summed E-state index contributed by atoms with van der Waals surface area (Å²) >= 11 is 0. The molecule has 12 aliphatic carbocycles. The molecule has 0 unspecified atom stereocenters. The highest BCUT2D eigenvalue weighted by atomic mass is 16.5. The molecule has 18 rings (SSSR count). The van der Waals surface area contributed by atoms with Gasteiger partial charge in [0.25, 0.3) is 0 Å². The summed E-state index contributed by atoms with van der Waals surface area (Å²) in [6.07, 6.45) is 44.3. The fourth-order valence-corrected chi connectivity index (χ4v) is 29.3. The molecule has 0 radical (unpaired) electrons. The number of Topliss-reactive ketones (excluding diaryl/α,β-unsaturated/α-hetero) is 1. The van der Waals surface area contributed by atoms with Crippen LogP contribution in [0.15, 0.2) is 33.4 Å². The number of ketones is 1. The van der Waals surface area contributed by atoms with E-state index in [-0.39, 0.29) is 16.8 Å². The first-order valence-electron chi connectivity index (χ1n) is 40.4. The Morgan fingerprint density at radius 1 is 0.385 bits per heavy atom. The first kappa shape index (κ1) is 64.3. The second kappa shape index (κ2) is 23.9.